The van der Waals surface area contributed by atoms with Crippen LogP contribution >= 0.6 is 0 Å². The van der Waals surface area contributed by atoms with Gasteiger partial charge in [-0.15, -0.1) is 0 Å². The number of furan rings is 2. The zero-order valence-electron chi connectivity index (χ0n) is 16.5. The Labute approximate surface area is 164 Å². The SMILES string of the molecule is CCN(CC)Cc1ccco1.CC[NH+](CC)Cc1ccco1.O=S([O-])O[O-]. The van der Waals surface area contributed by atoms with Crippen LogP contribution in [0, 0.1) is 0 Å². The van der Waals surface area contributed by atoms with Crippen molar-refractivity contribution in [2.45, 2.75) is 40.8 Å². The van der Waals surface area contributed by atoms with Crippen molar-refractivity contribution in [2.75, 3.05) is 26.2 Å². The average molecular weight is 404 g/mol. The first-order chi connectivity index (χ1) is 13.0. The highest BCUT2D eigenvalue weighted by Gasteiger charge is 2.05. The second-order valence-corrected chi connectivity index (χ2v) is 6.07. The molecule has 0 aromatic carbocycles. The van der Waals surface area contributed by atoms with Crippen molar-refractivity contribution in [1.82, 2.24) is 4.90 Å². The quantitative estimate of drug-likeness (QED) is 0.377. The molecule has 9 heteroatoms. The molecule has 0 aliphatic heterocycles. The molecule has 0 aliphatic rings. The van der Waals surface area contributed by atoms with E-state index in [9.17, 15) is 0 Å². The molecule has 0 fully saturated rings. The molecule has 0 bridgehead atoms. The molecule has 0 aliphatic carbocycles. The van der Waals surface area contributed by atoms with Crippen LogP contribution in [-0.2, 0) is 28.8 Å². The molecule has 1 unspecified atom stereocenters. The lowest BCUT2D eigenvalue weighted by molar-refractivity contribution is -0.911. The van der Waals surface area contributed by atoms with E-state index in [1.54, 1.807) is 17.4 Å². The number of hydrogen-bond donors (Lipinski definition) is 1. The van der Waals surface area contributed by atoms with Crippen molar-refractivity contribution in [1.29, 1.82) is 0 Å². The Morgan fingerprint density at radius 1 is 1.04 bits per heavy atom. The molecule has 2 rings (SSSR count). The first-order valence-corrected chi connectivity index (χ1v) is 10.0. The molecular weight excluding hydrogens is 372 g/mol. The second-order valence-electron chi connectivity index (χ2n) is 5.53. The van der Waals surface area contributed by atoms with E-state index in [1.807, 2.05) is 24.3 Å². The minimum atomic E-state index is -2.88. The molecule has 0 amide bonds. The maximum absolute atomic E-state index is 8.83. The third-order valence-electron chi connectivity index (χ3n) is 3.91. The Hall–Kier alpha value is -1.49. The maximum Gasteiger partial charge on any atom is 0.157 e. The van der Waals surface area contributed by atoms with Gasteiger partial charge in [-0.25, -0.2) is 4.21 Å². The fraction of sp³-hybridized carbons (Fsp3) is 0.556. The Morgan fingerprint density at radius 3 is 1.85 bits per heavy atom. The second kappa shape index (κ2) is 16.7. The van der Waals surface area contributed by atoms with Gasteiger partial charge in [-0.1, -0.05) is 13.8 Å². The van der Waals surface area contributed by atoms with Gasteiger partial charge in [-0.05, 0) is 51.2 Å². The summed E-state index contributed by atoms with van der Waals surface area (Å²) in [5, 5.41) is 8.52. The lowest BCUT2D eigenvalue weighted by Gasteiger charge is -2.15. The summed E-state index contributed by atoms with van der Waals surface area (Å²) in [6.07, 6.45) is 3.46. The summed E-state index contributed by atoms with van der Waals surface area (Å²) in [7, 11) is 0. The zero-order valence-corrected chi connectivity index (χ0v) is 17.3. The topological polar surface area (TPSA) is 106 Å². The van der Waals surface area contributed by atoms with Crippen LogP contribution in [0.4, 0.5) is 0 Å². The van der Waals surface area contributed by atoms with E-state index in [4.69, 9.17) is 22.9 Å². The lowest BCUT2D eigenvalue weighted by atomic mass is 10.4. The van der Waals surface area contributed by atoms with E-state index in [-0.39, 0.29) is 0 Å². The van der Waals surface area contributed by atoms with E-state index in [0.29, 0.717) is 0 Å². The third-order valence-corrected chi connectivity index (χ3v) is 4.02. The molecule has 2 aromatic rings. The zero-order chi connectivity index (χ0) is 20.5. The van der Waals surface area contributed by atoms with E-state index < -0.39 is 11.4 Å². The monoisotopic (exact) mass is 403 g/mol. The predicted octanol–water partition coefficient (Wildman–Crippen LogP) is 0.898. The fourth-order valence-corrected chi connectivity index (χ4v) is 2.23. The van der Waals surface area contributed by atoms with Crippen LogP contribution in [0.5, 0.6) is 0 Å². The van der Waals surface area contributed by atoms with Gasteiger partial charge in [0.15, 0.2) is 5.76 Å². The van der Waals surface area contributed by atoms with Gasteiger partial charge in [0.05, 0.1) is 43.5 Å². The van der Waals surface area contributed by atoms with Gasteiger partial charge in [0, 0.05) is 0 Å². The average Bonchev–Trinajstić information content (AvgIpc) is 3.39. The highest BCUT2D eigenvalue weighted by molar-refractivity contribution is 7.73. The summed E-state index contributed by atoms with van der Waals surface area (Å²) >= 11 is -2.88. The molecular formula is C18H31N2O6S-. The maximum atomic E-state index is 8.83. The first-order valence-electron chi connectivity index (χ1n) is 9.00. The van der Waals surface area contributed by atoms with Crippen LogP contribution in [0.15, 0.2) is 45.6 Å². The van der Waals surface area contributed by atoms with Crippen molar-refractivity contribution in [3.8, 4) is 0 Å². The molecule has 2 aromatic heterocycles. The van der Waals surface area contributed by atoms with Gasteiger partial charge in [-0.2, -0.15) is 0 Å². The molecule has 8 nitrogen and oxygen atoms in total. The van der Waals surface area contributed by atoms with Crippen LogP contribution in [0.2, 0.25) is 0 Å². The molecule has 0 radical (unpaired) electrons. The number of nitrogens with zero attached hydrogens (tertiary/aromatic N) is 1. The van der Waals surface area contributed by atoms with Crippen molar-refractivity contribution in [2.24, 2.45) is 0 Å². The lowest BCUT2D eigenvalue weighted by Crippen LogP contribution is -3.10. The normalized spacial score (nSPS) is 11.6. The Morgan fingerprint density at radius 2 is 1.52 bits per heavy atom. The van der Waals surface area contributed by atoms with Gasteiger partial charge in [0.2, 0.25) is 0 Å². The fourth-order valence-electron chi connectivity index (χ4n) is 2.23. The van der Waals surface area contributed by atoms with Gasteiger partial charge < -0.3 is 27.9 Å². The number of hydrogen-bond acceptors (Lipinski definition) is 7. The van der Waals surface area contributed by atoms with Gasteiger partial charge in [-0.3, -0.25) is 4.90 Å². The minimum Gasteiger partial charge on any atom is -0.750 e. The molecule has 0 saturated heterocycles. The molecule has 0 saturated carbocycles. The van der Waals surface area contributed by atoms with Crippen molar-refractivity contribution in [3.63, 3.8) is 0 Å². The van der Waals surface area contributed by atoms with Gasteiger partial charge >= 0.3 is 0 Å². The smallest absolute Gasteiger partial charge is 0.157 e. The first kappa shape index (κ1) is 25.5. The summed E-state index contributed by atoms with van der Waals surface area (Å²) in [5.74, 6) is 2.14. The van der Waals surface area contributed by atoms with Gasteiger partial charge in [0.1, 0.15) is 12.3 Å². The molecule has 156 valence electrons. The highest BCUT2D eigenvalue weighted by Crippen LogP contribution is 2.04. The molecule has 1 atom stereocenters. The minimum absolute atomic E-state index is 0.931. The molecule has 0 spiro atoms. The van der Waals surface area contributed by atoms with E-state index in [2.05, 4.69) is 36.9 Å². The number of rotatable bonds is 9. The van der Waals surface area contributed by atoms with Crippen molar-refractivity contribution >= 4 is 11.4 Å². The van der Waals surface area contributed by atoms with Crippen LogP contribution in [-0.4, -0.2) is 39.8 Å². The number of quaternary nitrogens is 1. The third kappa shape index (κ3) is 13.3. The highest BCUT2D eigenvalue weighted by atomic mass is 32.2. The van der Waals surface area contributed by atoms with Crippen molar-refractivity contribution in [3.05, 3.63) is 48.3 Å². The largest absolute Gasteiger partial charge is 0.750 e. The molecule has 27 heavy (non-hydrogen) atoms. The van der Waals surface area contributed by atoms with Crippen LogP contribution in [0.1, 0.15) is 39.2 Å². The number of nitrogens with one attached hydrogen (secondary N) is 1. The van der Waals surface area contributed by atoms with E-state index >= 15 is 0 Å². The Balaban J connectivity index is 0.000000405. The van der Waals surface area contributed by atoms with Crippen LogP contribution in [0.3, 0.4) is 0 Å². The summed E-state index contributed by atoms with van der Waals surface area (Å²) in [6, 6.07) is 7.92. The van der Waals surface area contributed by atoms with Crippen molar-refractivity contribution < 1.29 is 32.1 Å². The summed E-state index contributed by atoms with van der Waals surface area (Å²) in [4.78, 5) is 3.87. The summed E-state index contributed by atoms with van der Waals surface area (Å²) in [5.41, 5.74) is 0. The summed E-state index contributed by atoms with van der Waals surface area (Å²) < 4.78 is 30.6. The Bertz CT molecular complexity index is 510. The molecule has 1 N–H and O–H groups in total. The van der Waals surface area contributed by atoms with Crippen LogP contribution < -0.4 is 10.2 Å². The standard InChI is InChI=1S/2C9H15NO.H2O4S/c2*1-3-10(4-2)8-9-6-5-7-11-9;1-4-5(2)3/h2*5-7H,3-4,8H2,1-2H3;1H,(H,2,3)/p-1. The van der Waals surface area contributed by atoms with E-state index in [0.717, 1.165) is 50.8 Å². The van der Waals surface area contributed by atoms with E-state index in [1.165, 1.54) is 0 Å². The van der Waals surface area contributed by atoms with Crippen LogP contribution in [0.25, 0.3) is 0 Å². The molecule has 2 heterocycles. The van der Waals surface area contributed by atoms with Gasteiger partial charge in [0.25, 0.3) is 0 Å². The predicted molar refractivity (Wildman–Crippen MR) is 99.8 cm³/mol. The Kier molecular flexibility index (Phi) is 15.7. The summed E-state index contributed by atoms with van der Waals surface area (Å²) in [6.45, 7) is 15.1.